The Morgan fingerprint density at radius 2 is 1.75 bits per heavy atom. The molecule has 32 heavy (non-hydrogen) atoms. The van der Waals surface area contributed by atoms with E-state index in [4.69, 9.17) is 14.5 Å². The van der Waals surface area contributed by atoms with Gasteiger partial charge in [0.15, 0.2) is 6.79 Å². The largest absolute Gasteiger partial charge is 0.466 e. The molecule has 1 aromatic heterocycles. The van der Waals surface area contributed by atoms with Crippen molar-refractivity contribution in [3.63, 3.8) is 0 Å². The van der Waals surface area contributed by atoms with Gasteiger partial charge in [0.25, 0.3) is 0 Å². The highest BCUT2D eigenvalue weighted by Crippen LogP contribution is 2.37. The van der Waals surface area contributed by atoms with Gasteiger partial charge in [-0.2, -0.15) is 0 Å². The van der Waals surface area contributed by atoms with E-state index in [0.29, 0.717) is 5.92 Å². The summed E-state index contributed by atoms with van der Waals surface area (Å²) >= 11 is 0. The van der Waals surface area contributed by atoms with Gasteiger partial charge in [0.2, 0.25) is 0 Å². The quantitative estimate of drug-likeness (QED) is 0.274. The summed E-state index contributed by atoms with van der Waals surface area (Å²) in [7, 11) is 0.258. The normalized spacial score (nSPS) is 14.7. The molecular weight excluding hydrogens is 410 g/mol. The van der Waals surface area contributed by atoms with Crippen LogP contribution in [-0.4, -0.2) is 27.0 Å². The molecule has 172 valence electrons. The van der Waals surface area contributed by atoms with Crippen molar-refractivity contribution >= 4 is 8.07 Å². The van der Waals surface area contributed by atoms with Gasteiger partial charge in [-0.1, -0.05) is 44.8 Å². The summed E-state index contributed by atoms with van der Waals surface area (Å²) in [6.07, 6.45) is 7.11. The van der Waals surface area contributed by atoms with Crippen LogP contribution in [-0.2, 0) is 11.2 Å². The molecule has 4 heteroatoms. The number of aromatic nitrogens is 1. The van der Waals surface area contributed by atoms with Gasteiger partial charge in [-0.3, -0.25) is 4.98 Å². The molecule has 0 N–H and O–H groups in total. The third-order valence-electron chi connectivity index (χ3n) is 6.45. The molecule has 2 aromatic rings. The predicted molar refractivity (Wildman–Crippen MR) is 136 cm³/mol. The molecular formula is C28H39NO2Si. The third kappa shape index (κ3) is 6.24. The first-order valence-corrected chi connectivity index (χ1v) is 15.4. The molecule has 0 bridgehead atoms. The van der Waals surface area contributed by atoms with Crippen molar-refractivity contribution in [1.29, 1.82) is 0 Å². The molecule has 1 aliphatic carbocycles. The van der Waals surface area contributed by atoms with E-state index in [9.17, 15) is 0 Å². The zero-order valence-corrected chi connectivity index (χ0v) is 22.0. The average Bonchev–Trinajstić information content (AvgIpc) is 2.77. The van der Waals surface area contributed by atoms with Gasteiger partial charge in [-0.15, -0.1) is 5.54 Å². The molecule has 0 saturated heterocycles. The number of nitrogens with zero attached hydrogens (tertiary/aromatic N) is 1. The molecule has 0 spiro atoms. The molecule has 0 aliphatic heterocycles. The topological polar surface area (TPSA) is 31.4 Å². The van der Waals surface area contributed by atoms with Gasteiger partial charge in [0.05, 0.1) is 5.69 Å². The molecule has 1 aliphatic rings. The third-order valence-corrected chi connectivity index (χ3v) is 7.33. The fraction of sp³-hybridized carbons (Fsp3) is 0.536. The molecule has 0 atom stereocenters. The minimum Gasteiger partial charge on any atom is -0.466 e. The highest BCUT2D eigenvalue weighted by molar-refractivity contribution is 6.83. The standard InChI is InChI=1S/C28H39NO2Si/c1-20-17-24(15-16-32(5,6)7)21(2)22(3)26(20)18-25-13-14-27(31-19-30-4)28(29-25)23-11-9-8-10-12-23/h13-14,17,23H,8-12,18-19H2,1-7H3. The van der Waals surface area contributed by atoms with Crippen molar-refractivity contribution in [3.05, 3.63) is 57.4 Å². The lowest BCUT2D eigenvalue weighted by Crippen LogP contribution is -2.16. The van der Waals surface area contributed by atoms with E-state index in [-0.39, 0.29) is 6.79 Å². The van der Waals surface area contributed by atoms with Gasteiger partial charge < -0.3 is 9.47 Å². The summed E-state index contributed by atoms with van der Waals surface area (Å²) in [6, 6.07) is 6.48. The summed E-state index contributed by atoms with van der Waals surface area (Å²) < 4.78 is 11.0. The second-order valence-electron chi connectivity index (χ2n) is 10.2. The fourth-order valence-corrected chi connectivity index (χ4v) is 5.00. The first kappa shape index (κ1) is 24.5. The Kier molecular flexibility index (Phi) is 8.19. The highest BCUT2D eigenvalue weighted by Gasteiger charge is 2.22. The van der Waals surface area contributed by atoms with Crippen LogP contribution in [0.2, 0.25) is 19.6 Å². The summed E-state index contributed by atoms with van der Waals surface area (Å²) in [5.41, 5.74) is 12.2. The second-order valence-corrected chi connectivity index (χ2v) is 15.0. The van der Waals surface area contributed by atoms with Gasteiger partial charge in [-0.05, 0) is 74.1 Å². The van der Waals surface area contributed by atoms with Crippen LogP contribution >= 0.6 is 0 Å². The van der Waals surface area contributed by atoms with Crippen LogP contribution in [0.15, 0.2) is 18.2 Å². The Balaban J connectivity index is 1.94. The minimum absolute atomic E-state index is 0.262. The number of pyridine rings is 1. The zero-order chi connectivity index (χ0) is 23.3. The lowest BCUT2D eigenvalue weighted by molar-refractivity contribution is 0.0496. The summed E-state index contributed by atoms with van der Waals surface area (Å²) in [6.45, 7) is 13.8. The summed E-state index contributed by atoms with van der Waals surface area (Å²) in [5, 5.41) is 0. The number of rotatable bonds is 6. The van der Waals surface area contributed by atoms with Crippen LogP contribution in [0.25, 0.3) is 0 Å². The van der Waals surface area contributed by atoms with E-state index in [1.54, 1.807) is 7.11 Å². The fourth-order valence-electron chi connectivity index (χ4n) is 4.49. The maximum Gasteiger partial charge on any atom is 0.188 e. The van der Waals surface area contributed by atoms with Gasteiger partial charge >= 0.3 is 0 Å². The van der Waals surface area contributed by atoms with E-state index >= 15 is 0 Å². The SMILES string of the molecule is COCOc1ccc(Cc2c(C)cc(C#C[Si](C)(C)C)c(C)c2C)nc1C1CCCCC1. The smallest absolute Gasteiger partial charge is 0.188 e. The van der Waals surface area contributed by atoms with E-state index in [1.165, 1.54) is 59.9 Å². The Hall–Kier alpha value is -2.09. The summed E-state index contributed by atoms with van der Waals surface area (Å²) in [4.78, 5) is 5.14. The van der Waals surface area contributed by atoms with E-state index in [0.717, 1.165) is 23.6 Å². The Morgan fingerprint density at radius 1 is 1.03 bits per heavy atom. The van der Waals surface area contributed by atoms with E-state index in [2.05, 4.69) is 70.1 Å². The highest BCUT2D eigenvalue weighted by atomic mass is 28.3. The second kappa shape index (κ2) is 10.7. The van der Waals surface area contributed by atoms with Crippen molar-refractivity contribution in [2.75, 3.05) is 13.9 Å². The number of ether oxygens (including phenoxy) is 2. The number of methoxy groups -OCH3 is 1. The molecule has 1 aromatic carbocycles. The Morgan fingerprint density at radius 3 is 2.41 bits per heavy atom. The average molecular weight is 450 g/mol. The Bertz CT molecular complexity index is 1000. The minimum atomic E-state index is -1.40. The van der Waals surface area contributed by atoms with Crippen molar-refractivity contribution < 1.29 is 9.47 Å². The number of aryl methyl sites for hydroxylation is 1. The van der Waals surface area contributed by atoms with Crippen molar-refractivity contribution in [1.82, 2.24) is 4.98 Å². The predicted octanol–water partition coefficient (Wildman–Crippen LogP) is 6.86. The first-order valence-electron chi connectivity index (χ1n) is 11.9. The van der Waals surface area contributed by atoms with Crippen molar-refractivity contribution in [2.45, 2.75) is 84.9 Å². The van der Waals surface area contributed by atoms with Gasteiger partial charge in [-0.25, -0.2) is 0 Å². The molecule has 1 heterocycles. The molecule has 0 unspecified atom stereocenters. The molecule has 1 fully saturated rings. The van der Waals surface area contributed by atoms with Crippen molar-refractivity contribution in [2.24, 2.45) is 0 Å². The van der Waals surface area contributed by atoms with Crippen LogP contribution in [0.5, 0.6) is 5.75 Å². The lowest BCUT2D eigenvalue weighted by Gasteiger charge is -2.24. The van der Waals surface area contributed by atoms with Crippen LogP contribution in [0.4, 0.5) is 0 Å². The molecule has 1 saturated carbocycles. The summed E-state index contributed by atoms with van der Waals surface area (Å²) in [5.74, 6) is 4.84. The van der Waals surface area contributed by atoms with Crippen LogP contribution in [0, 0.1) is 32.2 Å². The van der Waals surface area contributed by atoms with E-state index < -0.39 is 8.07 Å². The van der Waals surface area contributed by atoms with Crippen LogP contribution in [0.1, 0.15) is 77.2 Å². The molecule has 0 amide bonds. The van der Waals surface area contributed by atoms with Gasteiger partial charge in [0, 0.05) is 30.7 Å². The van der Waals surface area contributed by atoms with Crippen molar-refractivity contribution in [3.8, 4) is 17.2 Å². The van der Waals surface area contributed by atoms with Crippen LogP contribution < -0.4 is 4.74 Å². The maximum atomic E-state index is 5.88. The van der Waals surface area contributed by atoms with E-state index in [1.807, 2.05) is 0 Å². The zero-order valence-electron chi connectivity index (χ0n) is 21.0. The first-order chi connectivity index (χ1) is 15.2. The monoisotopic (exact) mass is 449 g/mol. The lowest BCUT2D eigenvalue weighted by atomic mass is 9.86. The molecule has 0 radical (unpaired) electrons. The maximum absolute atomic E-state index is 5.88. The van der Waals surface area contributed by atoms with Gasteiger partial charge in [0.1, 0.15) is 13.8 Å². The molecule has 3 nitrogen and oxygen atoms in total. The Labute approximate surface area is 196 Å². The van der Waals surface area contributed by atoms with Crippen LogP contribution in [0.3, 0.4) is 0 Å². The molecule has 3 rings (SSSR count). The number of hydrogen-bond donors (Lipinski definition) is 0. The number of hydrogen-bond acceptors (Lipinski definition) is 3. The number of benzene rings is 1.